The van der Waals surface area contributed by atoms with Gasteiger partial charge in [0.15, 0.2) is 6.29 Å². The fourth-order valence-corrected chi connectivity index (χ4v) is 2.98. The van der Waals surface area contributed by atoms with E-state index >= 15 is 0 Å². The van der Waals surface area contributed by atoms with E-state index in [1.165, 1.54) is 0 Å². The lowest BCUT2D eigenvalue weighted by atomic mass is 9.98. The maximum atomic E-state index is 10.7. The fraction of sp³-hybridized carbons (Fsp3) is 0.400. The highest BCUT2D eigenvalue weighted by molar-refractivity contribution is 5.14. The topological polar surface area (TPSA) is 88.4 Å². The molecule has 0 bridgehead atoms. The first kappa shape index (κ1) is 19.0. The molecule has 3 rings (SSSR count). The largest absolute Gasteiger partial charge is 0.394 e. The maximum Gasteiger partial charge on any atom is 0.184 e. The van der Waals surface area contributed by atoms with Crippen molar-refractivity contribution >= 4 is 0 Å². The minimum atomic E-state index is -1.34. The lowest BCUT2D eigenvalue weighted by Gasteiger charge is -2.41. The molecule has 1 heterocycles. The Bertz CT molecular complexity index is 650. The molecule has 0 radical (unpaired) electrons. The van der Waals surface area contributed by atoms with Crippen molar-refractivity contribution in [2.45, 2.75) is 43.9 Å². The van der Waals surface area contributed by atoms with Crippen LogP contribution in [0.25, 0.3) is 0 Å². The number of aliphatic hydroxyl groups is 3. The smallest absolute Gasteiger partial charge is 0.184 e. The fourth-order valence-electron chi connectivity index (χ4n) is 2.98. The third kappa shape index (κ3) is 4.67. The van der Waals surface area contributed by atoms with Crippen LogP contribution >= 0.6 is 0 Å². The van der Waals surface area contributed by atoms with E-state index < -0.39 is 30.7 Å². The van der Waals surface area contributed by atoms with Crippen LogP contribution in [-0.4, -0.2) is 52.6 Å². The molecule has 0 aliphatic carbocycles. The molecular formula is C20H24O6. The molecule has 3 N–H and O–H groups in total. The molecule has 1 aliphatic rings. The molecule has 1 fully saturated rings. The summed E-state index contributed by atoms with van der Waals surface area (Å²) < 4.78 is 16.9. The van der Waals surface area contributed by atoms with Crippen LogP contribution in [0.4, 0.5) is 0 Å². The third-order valence-electron chi connectivity index (χ3n) is 4.39. The molecule has 140 valence electrons. The van der Waals surface area contributed by atoms with E-state index in [0.29, 0.717) is 0 Å². The Morgan fingerprint density at radius 3 is 1.77 bits per heavy atom. The Morgan fingerprint density at radius 1 is 0.769 bits per heavy atom. The molecule has 0 saturated carbocycles. The van der Waals surface area contributed by atoms with Crippen LogP contribution < -0.4 is 0 Å². The van der Waals surface area contributed by atoms with Gasteiger partial charge in [0.2, 0.25) is 0 Å². The SMILES string of the molecule is OCC1O[C@H](O)C(OCc2ccccc2)[C@@H](O)[C@H]1OCc1ccccc1. The van der Waals surface area contributed by atoms with Crippen LogP contribution in [0, 0.1) is 0 Å². The molecule has 1 saturated heterocycles. The van der Waals surface area contributed by atoms with E-state index in [4.69, 9.17) is 14.2 Å². The molecule has 2 aromatic carbocycles. The van der Waals surface area contributed by atoms with Gasteiger partial charge in [-0.1, -0.05) is 60.7 Å². The summed E-state index contributed by atoms with van der Waals surface area (Å²) in [7, 11) is 0. The first-order chi connectivity index (χ1) is 12.7. The minimum absolute atomic E-state index is 0.220. The van der Waals surface area contributed by atoms with Gasteiger partial charge < -0.3 is 29.5 Å². The second kappa shape index (κ2) is 9.23. The van der Waals surface area contributed by atoms with Gasteiger partial charge >= 0.3 is 0 Å². The number of hydrogen-bond donors (Lipinski definition) is 3. The van der Waals surface area contributed by atoms with Crippen molar-refractivity contribution in [3.05, 3.63) is 71.8 Å². The first-order valence-electron chi connectivity index (χ1n) is 8.62. The highest BCUT2D eigenvalue weighted by Gasteiger charge is 2.45. The highest BCUT2D eigenvalue weighted by Crippen LogP contribution is 2.26. The van der Waals surface area contributed by atoms with Crippen LogP contribution in [0.1, 0.15) is 11.1 Å². The first-order valence-corrected chi connectivity index (χ1v) is 8.62. The summed E-state index contributed by atoms with van der Waals surface area (Å²) in [6.45, 7) is 0.0983. The number of rotatable bonds is 7. The molecule has 5 atom stereocenters. The van der Waals surface area contributed by atoms with Crippen LogP contribution in [-0.2, 0) is 27.4 Å². The van der Waals surface area contributed by atoms with Gasteiger partial charge in [-0.2, -0.15) is 0 Å². The average Bonchev–Trinajstić information content (AvgIpc) is 2.68. The van der Waals surface area contributed by atoms with Crippen molar-refractivity contribution in [3.8, 4) is 0 Å². The molecular weight excluding hydrogens is 336 g/mol. The van der Waals surface area contributed by atoms with E-state index in [1.54, 1.807) is 0 Å². The highest BCUT2D eigenvalue weighted by atomic mass is 16.7. The van der Waals surface area contributed by atoms with E-state index in [1.807, 2.05) is 60.7 Å². The van der Waals surface area contributed by atoms with E-state index in [2.05, 4.69) is 0 Å². The second-order valence-corrected chi connectivity index (χ2v) is 6.26. The predicted octanol–water partition coefficient (Wildman–Crippen LogP) is 1.23. The Hall–Kier alpha value is -1.80. The lowest BCUT2D eigenvalue weighted by Crippen LogP contribution is -2.60. The van der Waals surface area contributed by atoms with Gasteiger partial charge in [0.25, 0.3) is 0 Å². The maximum absolute atomic E-state index is 10.7. The monoisotopic (exact) mass is 360 g/mol. The normalized spacial score (nSPS) is 28.8. The van der Waals surface area contributed by atoms with Gasteiger partial charge in [0.1, 0.15) is 24.4 Å². The average molecular weight is 360 g/mol. The van der Waals surface area contributed by atoms with Gasteiger partial charge in [-0.3, -0.25) is 0 Å². The van der Waals surface area contributed by atoms with Gasteiger partial charge in [-0.05, 0) is 11.1 Å². The Morgan fingerprint density at radius 2 is 1.27 bits per heavy atom. The van der Waals surface area contributed by atoms with Crippen LogP contribution in [0.2, 0.25) is 0 Å². The molecule has 6 nitrogen and oxygen atoms in total. The van der Waals surface area contributed by atoms with Gasteiger partial charge in [-0.25, -0.2) is 0 Å². The predicted molar refractivity (Wildman–Crippen MR) is 94.0 cm³/mol. The number of aliphatic hydroxyl groups excluding tert-OH is 3. The molecule has 26 heavy (non-hydrogen) atoms. The number of benzene rings is 2. The molecule has 0 amide bonds. The van der Waals surface area contributed by atoms with Crippen LogP contribution in [0.3, 0.4) is 0 Å². The van der Waals surface area contributed by atoms with Crippen molar-refractivity contribution in [1.29, 1.82) is 0 Å². The number of ether oxygens (including phenoxy) is 3. The van der Waals surface area contributed by atoms with Gasteiger partial charge in [0.05, 0.1) is 19.8 Å². The molecule has 0 spiro atoms. The van der Waals surface area contributed by atoms with E-state index in [9.17, 15) is 15.3 Å². The van der Waals surface area contributed by atoms with Gasteiger partial charge in [-0.15, -0.1) is 0 Å². The quantitative estimate of drug-likeness (QED) is 0.688. The summed E-state index contributed by atoms with van der Waals surface area (Å²) in [5.74, 6) is 0. The van der Waals surface area contributed by atoms with Gasteiger partial charge in [0, 0.05) is 0 Å². The summed E-state index contributed by atoms with van der Waals surface area (Å²) in [5.41, 5.74) is 1.85. The Balaban J connectivity index is 1.64. The van der Waals surface area contributed by atoms with Crippen molar-refractivity contribution in [2.75, 3.05) is 6.61 Å². The minimum Gasteiger partial charge on any atom is -0.394 e. The van der Waals surface area contributed by atoms with Crippen LogP contribution in [0.15, 0.2) is 60.7 Å². The summed E-state index contributed by atoms with van der Waals surface area (Å²) >= 11 is 0. The summed E-state index contributed by atoms with van der Waals surface area (Å²) in [5, 5.41) is 30.3. The summed E-state index contributed by atoms with van der Waals surface area (Å²) in [4.78, 5) is 0. The molecule has 2 unspecified atom stereocenters. The second-order valence-electron chi connectivity index (χ2n) is 6.26. The lowest BCUT2D eigenvalue weighted by molar-refractivity contribution is -0.306. The third-order valence-corrected chi connectivity index (χ3v) is 4.39. The molecule has 2 aromatic rings. The standard InChI is InChI=1S/C20H24O6/c21-11-16-18(24-12-14-7-3-1-4-8-14)17(22)19(20(23)26-16)25-13-15-9-5-2-6-10-15/h1-10,16-23H,11-13H2/t16?,17-,18-,19?,20-/m0/s1. The van der Waals surface area contributed by atoms with E-state index in [-0.39, 0.29) is 19.8 Å². The van der Waals surface area contributed by atoms with Crippen molar-refractivity contribution in [3.63, 3.8) is 0 Å². The Kier molecular flexibility index (Phi) is 6.73. The summed E-state index contributed by atoms with van der Waals surface area (Å²) in [6.07, 6.45) is -5.10. The van der Waals surface area contributed by atoms with Crippen molar-refractivity contribution in [1.82, 2.24) is 0 Å². The van der Waals surface area contributed by atoms with Crippen molar-refractivity contribution < 1.29 is 29.5 Å². The van der Waals surface area contributed by atoms with Crippen LogP contribution in [0.5, 0.6) is 0 Å². The molecule has 1 aliphatic heterocycles. The zero-order valence-electron chi connectivity index (χ0n) is 14.3. The van der Waals surface area contributed by atoms with E-state index in [0.717, 1.165) is 11.1 Å². The molecule has 6 heteroatoms. The zero-order chi connectivity index (χ0) is 18.4. The Labute approximate surface area is 152 Å². The van der Waals surface area contributed by atoms with Crippen molar-refractivity contribution in [2.24, 2.45) is 0 Å². The molecule has 0 aromatic heterocycles. The summed E-state index contributed by atoms with van der Waals surface area (Å²) in [6, 6.07) is 19.0. The number of hydrogen-bond acceptors (Lipinski definition) is 6. The zero-order valence-corrected chi connectivity index (χ0v) is 14.3.